The van der Waals surface area contributed by atoms with Crippen molar-refractivity contribution < 1.29 is 10.0 Å². The molecule has 1 unspecified atom stereocenters. The molecular weight excluding hydrogens is 234 g/mol. The number of aliphatic hydroxyl groups is 1. The Morgan fingerprint density at radius 1 is 1.16 bits per heavy atom. The van der Waals surface area contributed by atoms with Gasteiger partial charge in [-0.25, -0.2) is 0 Å². The number of nitrogens with one attached hydrogen (secondary N) is 1. The van der Waals surface area contributed by atoms with Crippen LogP contribution in [0.2, 0.25) is 0 Å². The van der Waals surface area contributed by atoms with Crippen LogP contribution in [0.5, 0.6) is 0 Å². The second-order valence-electron chi connectivity index (χ2n) is 7.28. The minimum atomic E-state index is -0.671. The lowest BCUT2D eigenvalue weighted by molar-refractivity contribution is -0.978. The van der Waals surface area contributed by atoms with Gasteiger partial charge in [0.1, 0.15) is 5.60 Å². The van der Waals surface area contributed by atoms with Gasteiger partial charge in [0, 0.05) is 12.3 Å². The molecular formula is C17H28NO+. The average molecular weight is 262 g/mol. The maximum atomic E-state index is 11.2. The molecule has 1 aliphatic heterocycles. The van der Waals surface area contributed by atoms with E-state index >= 15 is 0 Å². The van der Waals surface area contributed by atoms with E-state index in [1.54, 1.807) is 4.90 Å². The van der Waals surface area contributed by atoms with Crippen LogP contribution < -0.4 is 4.90 Å². The Balaban J connectivity index is 2.28. The molecule has 2 heteroatoms. The fraction of sp³-hybridized carbons (Fsp3) is 0.647. The molecule has 106 valence electrons. The molecule has 0 radical (unpaired) electrons. The fourth-order valence-electron chi connectivity index (χ4n) is 3.67. The normalized spacial score (nSPS) is 36.2. The van der Waals surface area contributed by atoms with Crippen LogP contribution in [0.1, 0.15) is 46.6 Å². The van der Waals surface area contributed by atoms with Crippen molar-refractivity contribution in [3.63, 3.8) is 0 Å². The molecule has 0 amide bonds. The highest BCUT2D eigenvalue weighted by molar-refractivity contribution is 5.23. The number of benzene rings is 1. The van der Waals surface area contributed by atoms with Crippen molar-refractivity contribution in [1.82, 2.24) is 0 Å². The van der Waals surface area contributed by atoms with Gasteiger partial charge < -0.3 is 10.0 Å². The summed E-state index contributed by atoms with van der Waals surface area (Å²) in [5.74, 6) is 0.278. The fourth-order valence-corrected chi connectivity index (χ4v) is 3.67. The lowest BCUT2D eigenvalue weighted by Crippen LogP contribution is -3.23. The molecule has 2 nitrogen and oxygen atoms in total. The van der Waals surface area contributed by atoms with Crippen LogP contribution in [-0.2, 0) is 5.60 Å². The minimum absolute atomic E-state index is 0.242. The third-order valence-electron chi connectivity index (χ3n) is 4.79. The zero-order chi connectivity index (χ0) is 14.3. The molecule has 0 bridgehead atoms. The third-order valence-corrected chi connectivity index (χ3v) is 4.79. The lowest BCUT2D eigenvalue weighted by Gasteiger charge is -2.49. The molecule has 1 saturated heterocycles. The van der Waals surface area contributed by atoms with Crippen molar-refractivity contribution in [2.45, 2.75) is 58.2 Å². The second kappa shape index (κ2) is 4.92. The molecule has 4 atom stereocenters. The van der Waals surface area contributed by atoms with Gasteiger partial charge in [0.15, 0.2) is 0 Å². The van der Waals surface area contributed by atoms with E-state index in [1.165, 1.54) is 0 Å². The van der Waals surface area contributed by atoms with E-state index in [1.807, 2.05) is 18.2 Å². The summed E-state index contributed by atoms with van der Waals surface area (Å²) >= 11 is 0. The minimum Gasteiger partial charge on any atom is -0.384 e. The van der Waals surface area contributed by atoms with Gasteiger partial charge in [-0.2, -0.15) is 0 Å². The van der Waals surface area contributed by atoms with Crippen molar-refractivity contribution in [1.29, 1.82) is 0 Å². The zero-order valence-electron chi connectivity index (χ0n) is 12.9. The highest BCUT2D eigenvalue weighted by atomic mass is 16.3. The van der Waals surface area contributed by atoms with Crippen LogP contribution in [0.25, 0.3) is 0 Å². The largest absolute Gasteiger partial charge is 0.384 e. The average Bonchev–Trinajstić information content (AvgIpc) is 2.33. The van der Waals surface area contributed by atoms with Crippen molar-refractivity contribution >= 4 is 0 Å². The predicted octanol–water partition coefficient (Wildman–Crippen LogP) is 1.99. The van der Waals surface area contributed by atoms with Gasteiger partial charge in [0.25, 0.3) is 0 Å². The van der Waals surface area contributed by atoms with E-state index in [2.05, 4.69) is 46.8 Å². The molecule has 1 aromatic rings. The first-order chi connectivity index (χ1) is 8.75. The smallest absolute Gasteiger partial charge is 0.103 e. The number of quaternary nitrogens is 1. The first-order valence-electron chi connectivity index (χ1n) is 7.39. The standard InChI is InChI=1S/C17H27NO/c1-13-12-18(16(3,4)5)14(2)11-17(13,19)15-9-7-6-8-10-15/h6-10,13-14,19H,11-12H2,1-5H3/p+1/t13-,14+,17+/m1/s1. The van der Waals surface area contributed by atoms with E-state index in [9.17, 15) is 5.11 Å². The van der Waals surface area contributed by atoms with Crippen molar-refractivity contribution in [3.05, 3.63) is 35.9 Å². The number of piperidine rings is 1. The summed E-state index contributed by atoms with van der Waals surface area (Å²) in [5.41, 5.74) is 0.642. The molecule has 0 aliphatic carbocycles. The second-order valence-corrected chi connectivity index (χ2v) is 7.28. The van der Waals surface area contributed by atoms with Gasteiger partial charge in [-0.15, -0.1) is 0 Å². The SMILES string of the molecule is C[C@@H]1C[NH+](C(C)(C)C)[C@@H](C)C[C@@]1(O)c1ccccc1. The number of likely N-dealkylation sites (tertiary alicyclic amines) is 1. The number of rotatable bonds is 1. The summed E-state index contributed by atoms with van der Waals surface area (Å²) in [6, 6.07) is 10.6. The van der Waals surface area contributed by atoms with Gasteiger partial charge in [-0.1, -0.05) is 37.3 Å². The molecule has 0 spiro atoms. The lowest BCUT2D eigenvalue weighted by atomic mass is 9.73. The highest BCUT2D eigenvalue weighted by Gasteiger charge is 2.48. The topological polar surface area (TPSA) is 24.7 Å². The van der Waals surface area contributed by atoms with Crippen LogP contribution in [0.4, 0.5) is 0 Å². The maximum Gasteiger partial charge on any atom is 0.103 e. The van der Waals surface area contributed by atoms with Gasteiger partial charge in [0.2, 0.25) is 0 Å². The number of hydrogen-bond acceptors (Lipinski definition) is 1. The molecule has 1 aromatic carbocycles. The maximum absolute atomic E-state index is 11.2. The van der Waals surface area contributed by atoms with Crippen LogP contribution in [0.15, 0.2) is 30.3 Å². The summed E-state index contributed by atoms with van der Waals surface area (Å²) in [7, 11) is 0. The summed E-state index contributed by atoms with van der Waals surface area (Å²) in [4.78, 5) is 1.60. The van der Waals surface area contributed by atoms with Gasteiger partial charge in [0.05, 0.1) is 18.1 Å². The highest BCUT2D eigenvalue weighted by Crippen LogP contribution is 2.35. The third kappa shape index (κ3) is 2.70. The molecule has 1 fully saturated rings. The molecule has 1 aliphatic rings. The van der Waals surface area contributed by atoms with Crippen LogP contribution in [-0.4, -0.2) is 23.2 Å². The van der Waals surface area contributed by atoms with E-state index in [0.717, 1.165) is 18.5 Å². The van der Waals surface area contributed by atoms with Gasteiger partial charge >= 0.3 is 0 Å². The van der Waals surface area contributed by atoms with Gasteiger partial charge in [-0.3, -0.25) is 0 Å². The Hall–Kier alpha value is -0.860. The quantitative estimate of drug-likeness (QED) is 0.795. The van der Waals surface area contributed by atoms with E-state index < -0.39 is 5.60 Å². The summed E-state index contributed by atoms with van der Waals surface area (Å²) in [5, 5.41) is 11.2. The molecule has 0 saturated carbocycles. The van der Waals surface area contributed by atoms with Gasteiger partial charge in [-0.05, 0) is 33.3 Å². The van der Waals surface area contributed by atoms with Crippen LogP contribution >= 0.6 is 0 Å². The van der Waals surface area contributed by atoms with E-state index in [4.69, 9.17) is 0 Å². The molecule has 19 heavy (non-hydrogen) atoms. The Morgan fingerprint density at radius 3 is 2.26 bits per heavy atom. The van der Waals surface area contributed by atoms with Crippen molar-refractivity contribution in [2.75, 3.05) is 6.54 Å². The summed E-state index contributed by atoms with van der Waals surface area (Å²) in [6.45, 7) is 12.3. The Bertz CT molecular complexity index is 423. The van der Waals surface area contributed by atoms with Crippen molar-refractivity contribution in [2.24, 2.45) is 5.92 Å². The zero-order valence-corrected chi connectivity index (χ0v) is 12.9. The first-order valence-corrected chi connectivity index (χ1v) is 7.39. The number of hydrogen-bond donors (Lipinski definition) is 2. The van der Waals surface area contributed by atoms with Crippen LogP contribution in [0.3, 0.4) is 0 Å². The molecule has 1 heterocycles. The molecule has 0 aromatic heterocycles. The predicted molar refractivity (Wildman–Crippen MR) is 79.2 cm³/mol. The monoisotopic (exact) mass is 262 g/mol. The first kappa shape index (κ1) is 14.5. The Kier molecular flexibility index (Phi) is 3.76. The Morgan fingerprint density at radius 2 is 1.74 bits per heavy atom. The van der Waals surface area contributed by atoms with Crippen molar-refractivity contribution in [3.8, 4) is 0 Å². The van der Waals surface area contributed by atoms with Crippen LogP contribution in [0, 0.1) is 5.92 Å². The Labute approximate surface area is 117 Å². The molecule has 2 N–H and O–H groups in total. The summed E-state index contributed by atoms with van der Waals surface area (Å²) < 4.78 is 0. The van der Waals surface area contributed by atoms with E-state index in [-0.39, 0.29) is 11.5 Å². The summed E-state index contributed by atoms with van der Waals surface area (Å²) in [6.07, 6.45) is 0.838. The molecule has 2 rings (SSSR count). The van der Waals surface area contributed by atoms with E-state index in [0.29, 0.717) is 6.04 Å².